The summed E-state index contributed by atoms with van der Waals surface area (Å²) in [5, 5.41) is 0. The van der Waals surface area contributed by atoms with Crippen LogP contribution < -0.4 is 0 Å². The number of esters is 1. The summed E-state index contributed by atoms with van der Waals surface area (Å²) in [6.45, 7) is 0. The molecule has 0 aromatic heterocycles. The lowest BCUT2D eigenvalue weighted by molar-refractivity contribution is -0.152. The van der Waals surface area contributed by atoms with Gasteiger partial charge in [-0.15, -0.1) is 0 Å². The molecule has 0 aromatic carbocycles. The highest BCUT2D eigenvalue weighted by molar-refractivity contribution is 6.55. The molecule has 4 heteroatoms. The van der Waals surface area contributed by atoms with Crippen molar-refractivity contribution in [2.75, 3.05) is 7.11 Å². The third-order valence-corrected chi connectivity index (χ3v) is 0.494. The van der Waals surface area contributed by atoms with E-state index >= 15 is 0 Å². The van der Waals surface area contributed by atoms with E-state index in [4.69, 9.17) is 0 Å². The highest BCUT2D eigenvalue weighted by Crippen LogP contribution is 1.70. The Morgan fingerprint density at radius 2 is 2.00 bits per heavy atom. The van der Waals surface area contributed by atoms with Crippen LogP contribution in [0.25, 0.3) is 0 Å². The molecule has 0 fully saturated rings. The summed E-state index contributed by atoms with van der Waals surface area (Å²) in [6, 6.07) is 0. The van der Waals surface area contributed by atoms with Gasteiger partial charge in [0, 0.05) is 0 Å². The van der Waals surface area contributed by atoms with Crippen LogP contribution in [0, 0.1) is 0 Å². The van der Waals surface area contributed by atoms with E-state index in [0.29, 0.717) is 0 Å². The number of aldehydes is 1. The van der Waals surface area contributed by atoms with Crippen molar-refractivity contribution in [1.82, 2.24) is 0 Å². The first-order valence-corrected chi connectivity index (χ1v) is 1.79. The van der Waals surface area contributed by atoms with Gasteiger partial charge in [-0.3, -0.25) is 9.59 Å². The second kappa shape index (κ2) is 2.90. The molecule has 4 nitrogen and oxygen atoms in total. The summed E-state index contributed by atoms with van der Waals surface area (Å²) < 4.78 is 3.88. The van der Waals surface area contributed by atoms with Gasteiger partial charge in [-0.2, -0.15) is 0 Å². The summed E-state index contributed by atoms with van der Waals surface area (Å²) >= 11 is 0. The lowest BCUT2D eigenvalue weighted by atomic mass is 10.5. The molecule has 0 bridgehead atoms. The molecule has 0 radical (unpaired) electrons. The van der Waals surface area contributed by atoms with E-state index in [0.717, 1.165) is 7.11 Å². The molecule has 0 aliphatic heterocycles. The number of Topliss-reactive ketones (excluding diaryl/α,β-unsaturated/α-hetero) is 1. The van der Waals surface area contributed by atoms with Gasteiger partial charge in [-0.25, -0.2) is 4.79 Å². The average molecular weight is 116 g/mol. The second-order valence-corrected chi connectivity index (χ2v) is 0.974. The lowest BCUT2D eigenvalue weighted by Gasteiger charge is -1.86. The molecule has 0 aromatic rings. The Hall–Kier alpha value is -1.19. The van der Waals surface area contributed by atoms with Crippen LogP contribution >= 0.6 is 0 Å². The van der Waals surface area contributed by atoms with E-state index in [1.54, 1.807) is 0 Å². The fourth-order valence-corrected chi connectivity index (χ4v) is 0.149. The molecule has 0 rings (SSSR count). The summed E-state index contributed by atoms with van der Waals surface area (Å²) in [7, 11) is 1.03. The van der Waals surface area contributed by atoms with Gasteiger partial charge < -0.3 is 4.74 Å². The van der Waals surface area contributed by atoms with Gasteiger partial charge >= 0.3 is 11.8 Å². The van der Waals surface area contributed by atoms with Crippen molar-refractivity contribution >= 4 is 18.0 Å². The predicted molar refractivity (Wildman–Crippen MR) is 23.1 cm³/mol. The zero-order chi connectivity index (χ0) is 6.57. The summed E-state index contributed by atoms with van der Waals surface area (Å²) in [5.41, 5.74) is 0. The van der Waals surface area contributed by atoms with Gasteiger partial charge in [0.15, 0.2) is 6.29 Å². The zero-order valence-electron chi connectivity index (χ0n) is 4.21. The smallest absolute Gasteiger partial charge is 0.382 e. The molecule has 0 atom stereocenters. The number of rotatable bonds is 2. The monoisotopic (exact) mass is 116 g/mol. The Bertz CT molecular complexity index is 126. The number of hydrogen-bond donors (Lipinski definition) is 0. The lowest BCUT2D eigenvalue weighted by Crippen LogP contribution is -2.15. The predicted octanol–water partition coefficient (Wildman–Crippen LogP) is -1.07. The zero-order valence-corrected chi connectivity index (χ0v) is 4.21. The molecule has 8 heavy (non-hydrogen) atoms. The van der Waals surface area contributed by atoms with E-state index in [1.807, 2.05) is 0 Å². The van der Waals surface area contributed by atoms with Crippen molar-refractivity contribution in [1.29, 1.82) is 0 Å². The Kier molecular flexibility index (Phi) is 2.47. The van der Waals surface area contributed by atoms with E-state index in [2.05, 4.69) is 4.74 Å². The Balaban J connectivity index is 3.82. The normalized spacial score (nSPS) is 7.62. The van der Waals surface area contributed by atoms with Gasteiger partial charge in [0.2, 0.25) is 0 Å². The molecule has 0 aliphatic rings. The molecule has 44 valence electrons. The standard InChI is InChI=1S/C4H4O4/c1-8-4(7)3(6)2-5/h2H,1H3. The molecule has 0 N–H and O–H groups in total. The number of carbonyl (C=O) groups is 3. The molecular formula is C4H4O4. The second-order valence-electron chi connectivity index (χ2n) is 0.974. The molecule has 0 saturated heterocycles. The van der Waals surface area contributed by atoms with Gasteiger partial charge in [0.1, 0.15) is 0 Å². The van der Waals surface area contributed by atoms with Gasteiger partial charge in [-0.1, -0.05) is 0 Å². The molecular weight excluding hydrogens is 112 g/mol. The highest BCUT2D eigenvalue weighted by atomic mass is 16.5. The SMILES string of the molecule is COC(=O)C(=O)C=O. The van der Waals surface area contributed by atoms with Crippen LogP contribution in [0.5, 0.6) is 0 Å². The van der Waals surface area contributed by atoms with Crippen LogP contribution in [0.1, 0.15) is 0 Å². The first-order chi connectivity index (χ1) is 3.72. The number of ketones is 1. The number of ether oxygens (including phenoxy) is 1. The van der Waals surface area contributed by atoms with Crippen molar-refractivity contribution in [3.05, 3.63) is 0 Å². The Labute approximate surface area is 45.4 Å². The summed E-state index contributed by atoms with van der Waals surface area (Å²) in [6.07, 6.45) is -0.0914. The average Bonchev–Trinajstić information content (AvgIpc) is 1.84. The molecule has 0 amide bonds. The van der Waals surface area contributed by atoms with E-state index in [9.17, 15) is 14.4 Å². The van der Waals surface area contributed by atoms with Gasteiger partial charge in [0.25, 0.3) is 0 Å². The summed E-state index contributed by atoms with van der Waals surface area (Å²) in [4.78, 5) is 29.3. The van der Waals surface area contributed by atoms with E-state index < -0.39 is 11.8 Å². The van der Waals surface area contributed by atoms with Crippen LogP contribution in [0.2, 0.25) is 0 Å². The fraction of sp³-hybridized carbons (Fsp3) is 0.250. The first kappa shape index (κ1) is 6.81. The minimum atomic E-state index is -1.16. The van der Waals surface area contributed by atoms with Crippen LogP contribution in [-0.2, 0) is 19.1 Å². The summed E-state index contributed by atoms with van der Waals surface area (Å²) in [5.74, 6) is -2.28. The maximum absolute atomic E-state index is 9.94. The highest BCUT2D eigenvalue weighted by Gasteiger charge is 2.10. The quantitative estimate of drug-likeness (QED) is 0.199. The third kappa shape index (κ3) is 1.51. The third-order valence-electron chi connectivity index (χ3n) is 0.494. The first-order valence-electron chi connectivity index (χ1n) is 1.79. The fourth-order valence-electron chi connectivity index (χ4n) is 0.149. The number of carbonyl (C=O) groups excluding carboxylic acids is 3. The topological polar surface area (TPSA) is 60.4 Å². The Morgan fingerprint density at radius 3 is 2.12 bits per heavy atom. The van der Waals surface area contributed by atoms with Crippen molar-refractivity contribution < 1.29 is 19.1 Å². The van der Waals surface area contributed by atoms with Crippen LogP contribution in [0.4, 0.5) is 0 Å². The van der Waals surface area contributed by atoms with Crippen LogP contribution in [0.3, 0.4) is 0 Å². The molecule has 0 unspecified atom stereocenters. The molecule has 0 spiro atoms. The van der Waals surface area contributed by atoms with E-state index in [1.165, 1.54) is 0 Å². The van der Waals surface area contributed by atoms with Crippen LogP contribution in [-0.4, -0.2) is 25.1 Å². The van der Waals surface area contributed by atoms with Crippen molar-refractivity contribution in [2.24, 2.45) is 0 Å². The maximum atomic E-state index is 9.94. The molecule has 0 saturated carbocycles. The minimum Gasteiger partial charge on any atom is -0.463 e. The van der Waals surface area contributed by atoms with Gasteiger partial charge in [0.05, 0.1) is 7.11 Å². The Morgan fingerprint density at radius 1 is 1.50 bits per heavy atom. The molecule has 0 heterocycles. The van der Waals surface area contributed by atoms with Gasteiger partial charge in [-0.05, 0) is 0 Å². The van der Waals surface area contributed by atoms with Crippen molar-refractivity contribution in [2.45, 2.75) is 0 Å². The minimum absolute atomic E-state index is 0.0914. The maximum Gasteiger partial charge on any atom is 0.382 e. The largest absolute Gasteiger partial charge is 0.463 e. The van der Waals surface area contributed by atoms with Crippen molar-refractivity contribution in [3.63, 3.8) is 0 Å². The molecule has 0 aliphatic carbocycles. The van der Waals surface area contributed by atoms with E-state index in [-0.39, 0.29) is 6.29 Å². The van der Waals surface area contributed by atoms with Crippen molar-refractivity contribution in [3.8, 4) is 0 Å². The number of hydrogen-bond acceptors (Lipinski definition) is 4. The van der Waals surface area contributed by atoms with Crippen LogP contribution in [0.15, 0.2) is 0 Å². The number of methoxy groups -OCH3 is 1.